The molecule has 1 aromatic carbocycles. The maximum Gasteiger partial charge on any atom is 0.246 e. The lowest BCUT2D eigenvalue weighted by Gasteiger charge is -2.20. The Kier molecular flexibility index (Phi) is 5.69. The van der Waals surface area contributed by atoms with Gasteiger partial charge in [-0.3, -0.25) is 9.63 Å². The molecule has 19 heavy (non-hydrogen) atoms. The highest BCUT2D eigenvalue weighted by molar-refractivity contribution is 5.77. The summed E-state index contributed by atoms with van der Waals surface area (Å²) in [4.78, 5) is 16.9. The van der Waals surface area contributed by atoms with Gasteiger partial charge >= 0.3 is 0 Å². The van der Waals surface area contributed by atoms with E-state index in [1.54, 1.807) is 0 Å². The molecule has 1 saturated carbocycles. The van der Waals surface area contributed by atoms with Gasteiger partial charge < -0.3 is 4.74 Å². The molecule has 1 aliphatic rings. The molecule has 0 atom stereocenters. The average Bonchev–Trinajstić information content (AvgIpc) is 2.49. The second kappa shape index (κ2) is 7.79. The number of hydroxylamine groups is 1. The molecule has 0 bridgehead atoms. The summed E-state index contributed by atoms with van der Waals surface area (Å²) in [7, 11) is 0. The Morgan fingerprint density at radius 3 is 2.58 bits per heavy atom. The van der Waals surface area contributed by atoms with Crippen LogP contribution in [0.4, 0.5) is 0 Å². The molecule has 1 amide bonds. The number of nitrogens with one attached hydrogen (secondary N) is 1. The second-order valence-electron chi connectivity index (χ2n) is 4.81. The molecular formula is C15H21NO3. The van der Waals surface area contributed by atoms with Crippen LogP contribution < -0.4 is 10.2 Å². The van der Waals surface area contributed by atoms with Crippen LogP contribution in [0.5, 0.6) is 5.75 Å². The highest BCUT2D eigenvalue weighted by Crippen LogP contribution is 2.23. The molecule has 0 radical (unpaired) electrons. The van der Waals surface area contributed by atoms with Crippen LogP contribution in [0.2, 0.25) is 0 Å². The molecule has 1 fully saturated rings. The van der Waals surface area contributed by atoms with Gasteiger partial charge in [-0.05, 0) is 25.0 Å². The molecule has 0 aliphatic heterocycles. The first-order chi connectivity index (χ1) is 9.36. The summed E-state index contributed by atoms with van der Waals surface area (Å²) in [5.74, 6) is 0.952. The molecule has 1 aromatic rings. The van der Waals surface area contributed by atoms with Gasteiger partial charge in [0.25, 0.3) is 0 Å². The van der Waals surface area contributed by atoms with Gasteiger partial charge in [0.05, 0.1) is 0 Å². The maximum atomic E-state index is 11.8. The molecule has 104 valence electrons. The smallest absolute Gasteiger partial charge is 0.246 e. The summed E-state index contributed by atoms with van der Waals surface area (Å²) < 4.78 is 5.46. The van der Waals surface area contributed by atoms with Crippen molar-refractivity contribution in [2.24, 2.45) is 5.92 Å². The van der Waals surface area contributed by atoms with Crippen LogP contribution in [0.3, 0.4) is 0 Å². The molecule has 0 unspecified atom stereocenters. The van der Waals surface area contributed by atoms with Crippen molar-refractivity contribution in [3.63, 3.8) is 0 Å². The van der Waals surface area contributed by atoms with E-state index in [0.717, 1.165) is 31.4 Å². The van der Waals surface area contributed by atoms with Gasteiger partial charge in [0.2, 0.25) is 5.91 Å². The first-order valence-electron chi connectivity index (χ1n) is 6.96. The fraction of sp³-hybridized carbons (Fsp3) is 0.533. The SMILES string of the molecule is O=C(NOCCOc1ccccc1)C1CCCCC1. The highest BCUT2D eigenvalue weighted by Gasteiger charge is 2.20. The summed E-state index contributed by atoms with van der Waals surface area (Å²) >= 11 is 0. The van der Waals surface area contributed by atoms with Gasteiger partial charge in [0.1, 0.15) is 19.0 Å². The van der Waals surface area contributed by atoms with E-state index < -0.39 is 0 Å². The third-order valence-corrected chi connectivity index (χ3v) is 3.35. The van der Waals surface area contributed by atoms with Crippen LogP contribution in [-0.2, 0) is 9.63 Å². The largest absolute Gasteiger partial charge is 0.491 e. The molecule has 0 heterocycles. The van der Waals surface area contributed by atoms with Crippen molar-refractivity contribution in [3.8, 4) is 5.75 Å². The monoisotopic (exact) mass is 263 g/mol. The molecule has 4 heteroatoms. The van der Waals surface area contributed by atoms with E-state index in [0.29, 0.717) is 13.2 Å². The zero-order chi connectivity index (χ0) is 13.3. The van der Waals surface area contributed by atoms with Crippen molar-refractivity contribution in [1.82, 2.24) is 5.48 Å². The lowest BCUT2D eigenvalue weighted by Crippen LogP contribution is -2.33. The van der Waals surface area contributed by atoms with Crippen LogP contribution in [0.25, 0.3) is 0 Å². The van der Waals surface area contributed by atoms with E-state index in [4.69, 9.17) is 9.57 Å². The quantitative estimate of drug-likeness (QED) is 0.634. The number of carbonyl (C=O) groups excluding carboxylic acids is 1. The number of hydrogen-bond acceptors (Lipinski definition) is 3. The van der Waals surface area contributed by atoms with E-state index in [1.165, 1.54) is 6.42 Å². The van der Waals surface area contributed by atoms with E-state index in [1.807, 2.05) is 30.3 Å². The number of hydrogen-bond donors (Lipinski definition) is 1. The Balaban J connectivity index is 1.55. The average molecular weight is 263 g/mol. The highest BCUT2D eigenvalue weighted by atomic mass is 16.7. The Morgan fingerprint density at radius 2 is 1.84 bits per heavy atom. The van der Waals surface area contributed by atoms with Crippen molar-refractivity contribution in [3.05, 3.63) is 30.3 Å². The molecule has 1 aliphatic carbocycles. The first kappa shape index (κ1) is 13.9. The van der Waals surface area contributed by atoms with E-state index in [-0.39, 0.29) is 11.8 Å². The van der Waals surface area contributed by atoms with Gasteiger partial charge in [-0.2, -0.15) is 0 Å². The van der Waals surface area contributed by atoms with Gasteiger partial charge in [-0.1, -0.05) is 37.5 Å². The van der Waals surface area contributed by atoms with Crippen molar-refractivity contribution in [1.29, 1.82) is 0 Å². The van der Waals surface area contributed by atoms with Crippen molar-refractivity contribution < 1.29 is 14.4 Å². The number of benzene rings is 1. The maximum absolute atomic E-state index is 11.8. The summed E-state index contributed by atoms with van der Waals surface area (Å²) in [6, 6.07) is 9.55. The zero-order valence-electron chi connectivity index (χ0n) is 11.1. The Labute approximate surface area is 114 Å². The molecule has 0 spiro atoms. The molecule has 2 rings (SSSR count). The Bertz CT molecular complexity index is 374. The molecule has 0 aromatic heterocycles. The third-order valence-electron chi connectivity index (χ3n) is 3.35. The number of rotatable bonds is 6. The van der Waals surface area contributed by atoms with Crippen molar-refractivity contribution in [2.75, 3.05) is 13.2 Å². The minimum absolute atomic E-state index is 0.0133. The predicted octanol–water partition coefficient (Wildman–Crippen LogP) is 2.69. The summed E-state index contributed by atoms with van der Waals surface area (Å²) in [6.45, 7) is 0.780. The number of para-hydroxylation sites is 1. The van der Waals surface area contributed by atoms with Gasteiger partial charge in [-0.15, -0.1) is 0 Å². The van der Waals surface area contributed by atoms with Crippen LogP contribution in [-0.4, -0.2) is 19.1 Å². The molecular weight excluding hydrogens is 242 g/mol. The normalized spacial score (nSPS) is 16.0. The van der Waals surface area contributed by atoms with Gasteiger partial charge in [-0.25, -0.2) is 5.48 Å². The van der Waals surface area contributed by atoms with Crippen molar-refractivity contribution in [2.45, 2.75) is 32.1 Å². The minimum atomic E-state index is 0.0133. The van der Waals surface area contributed by atoms with Crippen LogP contribution in [0, 0.1) is 5.92 Å². The lowest BCUT2D eigenvalue weighted by atomic mass is 9.89. The van der Waals surface area contributed by atoms with Gasteiger partial charge in [0, 0.05) is 5.92 Å². The fourth-order valence-corrected chi connectivity index (χ4v) is 2.29. The molecule has 4 nitrogen and oxygen atoms in total. The molecule has 1 N–H and O–H groups in total. The van der Waals surface area contributed by atoms with Crippen LogP contribution in [0.15, 0.2) is 30.3 Å². The van der Waals surface area contributed by atoms with E-state index in [9.17, 15) is 4.79 Å². The topological polar surface area (TPSA) is 47.6 Å². The second-order valence-corrected chi connectivity index (χ2v) is 4.81. The molecule has 0 saturated heterocycles. The van der Waals surface area contributed by atoms with Crippen LogP contribution in [0.1, 0.15) is 32.1 Å². The lowest BCUT2D eigenvalue weighted by molar-refractivity contribution is -0.139. The van der Waals surface area contributed by atoms with E-state index >= 15 is 0 Å². The Morgan fingerprint density at radius 1 is 1.11 bits per heavy atom. The van der Waals surface area contributed by atoms with Crippen molar-refractivity contribution >= 4 is 5.91 Å². The minimum Gasteiger partial charge on any atom is -0.491 e. The van der Waals surface area contributed by atoms with Gasteiger partial charge in [0.15, 0.2) is 0 Å². The predicted molar refractivity (Wildman–Crippen MR) is 72.6 cm³/mol. The zero-order valence-corrected chi connectivity index (χ0v) is 11.1. The summed E-state index contributed by atoms with van der Waals surface area (Å²) in [6.07, 6.45) is 5.51. The number of carbonyl (C=O) groups is 1. The first-order valence-corrected chi connectivity index (χ1v) is 6.96. The number of ether oxygens (including phenoxy) is 1. The standard InChI is InChI=1S/C15H21NO3/c17-15(13-7-3-1-4-8-13)16-19-12-11-18-14-9-5-2-6-10-14/h2,5-6,9-10,13H,1,3-4,7-8,11-12H2,(H,16,17). The van der Waals surface area contributed by atoms with E-state index in [2.05, 4.69) is 5.48 Å². The number of amides is 1. The summed E-state index contributed by atoms with van der Waals surface area (Å²) in [5.41, 5.74) is 2.52. The fourth-order valence-electron chi connectivity index (χ4n) is 2.29. The van der Waals surface area contributed by atoms with Crippen LogP contribution >= 0.6 is 0 Å². The third kappa shape index (κ3) is 4.91. The Hall–Kier alpha value is -1.55. The summed E-state index contributed by atoms with van der Waals surface area (Å²) in [5, 5.41) is 0.